The Hall–Kier alpha value is -2.18. The lowest BCUT2D eigenvalue weighted by Crippen LogP contribution is -2.38. The van der Waals surface area contributed by atoms with Crippen molar-refractivity contribution in [3.8, 4) is 5.75 Å². The molecule has 1 heterocycles. The Morgan fingerprint density at radius 2 is 1.91 bits per heavy atom. The van der Waals surface area contributed by atoms with Gasteiger partial charge in [0.15, 0.2) is 22.0 Å². The summed E-state index contributed by atoms with van der Waals surface area (Å²) in [5, 5.41) is 2.62. The van der Waals surface area contributed by atoms with E-state index in [1.807, 2.05) is 0 Å². The summed E-state index contributed by atoms with van der Waals surface area (Å²) in [5.74, 6) is 0.308. The first kappa shape index (κ1) is 16.2. The highest BCUT2D eigenvalue weighted by atomic mass is 19.4. The molecule has 0 spiro atoms. The third-order valence-corrected chi connectivity index (χ3v) is 3.07. The maximum absolute atomic E-state index is 12.6. The summed E-state index contributed by atoms with van der Waals surface area (Å²) in [4.78, 5) is 11.0. The largest absolute Gasteiger partial charge is 0.499 e. The minimum absolute atomic E-state index is 0.269. The van der Waals surface area contributed by atoms with Crippen LogP contribution in [0, 0.1) is 0 Å². The molecule has 0 fully saturated rings. The van der Waals surface area contributed by atoms with Gasteiger partial charge in [-0.3, -0.25) is 9.48 Å². The van der Waals surface area contributed by atoms with Crippen molar-refractivity contribution in [2.24, 2.45) is 0 Å². The molecule has 0 amide bonds. The molecule has 2 aromatic rings. The monoisotopic (exact) mass is 308 g/mol. The lowest BCUT2D eigenvalue weighted by atomic mass is 9.63. The van der Waals surface area contributed by atoms with E-state index in [1.54, 1.807) is 40.0 Å². The van der Waals surface area contributed by atoms with Crippen LogP contribution in [0.3, 0.4) is 0 Å². The zero-order chi connectivity index (χ0) is 16.4. The second-order valence-electron chi connectivity index (χ2n) is 5.26. The Bertz CT molecular complexity index is 671. The molecular formula is C13H13B2F3N2O2. The maximum atomic E-state index is 12.6. The maximum Gasteiger partial charge on any atom is 0.408 e. The number of alkyl halides is 3. The Balaban J connectivity index is 2.31. The van der Waals surface area contributed by atoms with E-state index in [4.69, 9.17) is 4.74 Å². The molecule has 1 aromatic heterocycles. The molecule has 0 radical (unpaired) electrons. The minimum atomic E-state index is -4.38. The molecule has 0 aliphatic carbocycles. The lowest BCUT2D eigenvalue weighted by molar-refractivity contribution is -0.143. The van der Waals surface area contributed by atoms with E-state index in [2.05, 4.69) is 5.10 Å². The molecular weight excluding hydrogens is 295 g/mol. The summed E-state index contributed by atoms with van der Waals surface area (Å²) < 4.78 is 44.4. The molecule has 0 saturated carbocycles. The van der Waals surface area contributed by atoms with Crippen molar-refractivity contribution in [1.29, 1.82) is 0 Å². The van der Waals surface area contributed by atoms with E-state index in [-0.39, 0.29) is 5.69 Å². The van der Waals surface area contributed by atoms with Gasteiger partial charge in [0.05, 0.1) is 16.7 Å². The first-order valence-electron chi connectivity index (χ1n) is 6.55. The third-order valence-electron chi connectivity index (χ3n) is 3.07. The summed E-state index contributed by atoms with van der Waals surface area (Å²) >= 11 is 0. The second-order valence-corrected chi connectivity index (χ2v) is 5.26. The number of ether oxygens (including phenoxy) is 1. The van der Waals surface area contributed by atoms with Crippen LogP contribution in [-0.2, 0) is 11.9 Å². The predicted octanol–water partition coefficient (Wildman–Crippen LogP) is 0.713. The van der Waals surface area contributed by atoms with Crippen LogP contribution in [0.2, 0.25) is 0 Å². The van der Waals surface area contributed by atoms with Crippen LogP contribution in [0.1, 0.15) is 16.1 Å². The lowest BCUT2D eigenvalue weighted by Gasteiger charge is -2.29. The Morgan fingerprint density at radius 1 is 1.23 bits per heavy atom. The summed E-state index contributed by atoms with van der Waals surface area (Å²) in [6.07, 6.45) is -2.45. The fourth-order valence-electron chi connectivity index (χ4n) is 2.14. The highest BCUT2D eigenvalue weighted by Crippen LogP contribution is 2.27. The van der Waals surface area contributed by atoms with Gasteiger partial charge in [0, 0.05) is 6.20 Å². The van der Waals surface area contributed by atoms with Gasteiger partial charge in [0.25, 0.3) is 0 Å². The number of carbonyl (C=O) groups excluding carboxylic acids is 1. The zero-order valence-electron chi connectivity index (χ0n) is 12.1. The average Bonchev–Trinajstić information content (AvgIpc) is 2.85. The van der Waals surface area contributed by atoms with Crippen molar-refractivity contribution in [1.82, 2.24) is 9.78 Å². The number of benzene rings is 1. The summed E-state index contributed by atoms with van der Waals surface area (Å²) in [6, 6.07) is 8.00. The van der Waals surface area contributed by atoms with Crippen LogP contribution in [0.15, 0.2) is 36.5 Å². The van der Waals surface area contributed by atoms with Gasteiger partial charge in [0.2, 0.25) is 0 Å². The number of para-hydroxylation sites is 1. The number of rotatable bonds is 5. The molecule has 1 aromatic carbocycles. The van der Waals surface area contributed by atoms with Crippen molar-refractivity contribution in [3.63, 3.8) is 0 Å². The number of halogens is 3. The molecule has 0 N–H and O–H groups in total. The molecule has 114 valence electrons. The third kappa shape index (κ3) is 3.72. The van der Waals surface area contributed by atoms with E-state index in [0.29, 0.717) is 17.6 Å². The van der Waals surface area contributed by atoms with Gasteiger partial charge in [0.1, 0.15) is 12.3 Å². The number of nitrogens with zero attached hydrogens (tertiary/aromatic N) is 2. The van der Waals surface area contributed by atoms with Gasteiger partial charge < -0.3 is 4.74 Å². The van der Waals surface area contributed by atoms with Crippen molar-refractivity contribution >= 4 is 22.0 Å². The Kier molecular flexibility index (Phi) is 4.34. The normalized spacial score (nSPS) is 12.1. The molecule has 0 unspecified atom stereocenters. The zero-order valence-corrected chi connectivity index (χ0v) is 12.1. The van der Waals surface area contributed by atoms with Crippen LogP contribution in [-0.4, -0.2) is 37.9 Å². The van der Waals surface area contributed by atoms with Gasteiger partial charge >= 0.3 is 6.18 Å². The smallest absolute Gasteiger partial charge is 0.408 e. The topological polar surface area (TPSA) is 44.1 Å². The van der Waals surface area contributed by atoms with Crippen molar-refractivity contribution in [3.05, 3.63) is 47.8 Å². The fraction of sp³-hybridized carbons (Fsp3) is 0.231. The van der Waals surface area contributed by atoms with Crippen LogP contribution in [0.5, 0.6) is 5.75 Å². The number of aldehydes is 1. The first-order chi connectivity index (χ1) is 10.2. The molecule has 0 saturated heterocycles. The van der Waals surface area contributed by atoms with Gasteiger partial charge in [-0.25, -0.2) is 0 Å². The molecule has 4 nitrogen and oxygen atoms in total. The van der Waals surface area contributed by atoms with Crippen molar-refractivity contribution in [2.45, 2.75) is 18.1 Å². The van der Waals surface area contributed by atoms with E-state index in [0.717, 1.165) is 4.68 Å². The van der Waals surface area contributed by atoms with Crippen LogP contribution in [0.4, 0.5) is 13.2 Å². The Labute approximate surface area is 127 Å². The van der Waals surface area contributed by atoms with E-state index in [1.165, 1.54) is 12.3 Å². The quantitative estimate of drug-likeness (QED) is 0.604. The molecule has 2 rings (SSSR count). The highest BCUT2D eigenvalue weighted by molar-refractivity contribution is 6.38. The molecule has 0 atom stereocenters. The molecule has 0 aliphatic heterocycles. The van der Waals surface area contributed by atoms with Gasteiger partial charge in [-0.15, -0.1) is 0 Å². The molecule has 9 heteroatoms. The molecule has 0 bridgehead atoms. The summed E-state index contributed by atoms with van der Waals surface area (Å²) in [7, 11) is 3.25. The van der Waals surface area contributed by atoms with Crippen LogP contribution in [0.25, 0.3) is 0 Å². The second kappa shape index (κ2) is 5.90. The van der Waals surface area contributed by atoms with Gasteiger partial charge in [-0.1, -0.05) is 12.1 Å². The summed E-state index contributed by atoms with van der Waals surface area (Å²) in [5.41, 5.74) is 0.600. The van der Waals surface area contributed by atoms with E-state index < -0.39 is 18.1 Å². The van der Waals surface area contributed by atoms with E-state index >= 15 is 0 Å². The number of hydrogen-bond donors (Lipinski definition) is 0. The predicted molar refractivity (Wildman–Crippen MR) is 79.5 cm³/mol. The van der Waals surface area contributed by atoms with Crippen LogP contribution < -0.4 is 4.74 Å². The first-order valence-corrected chi connectivity index (χ1v) is 6.55. The molecule has 22 heavy (non-hydrogen) atoms. The van der Waals surface area contributed by atoms with Crippen molar-refractivity contribution < 1.29 is 22.7 Å². The van der Waals surface area contributed by atoms with Crippen molar-refractivity contribution in [2.75, 3.05) is 0 Å². The fourth-order valence-corrected chi connectivity index (χ4v) is 2.14. The Morgan fingerprint density at radius 3 is 2.55 bits per heavy atom. The number of aromatic nitrogens is 2. The van der Waals surface area contributed by atoms with Gasteiger partial charge in [-0.05, 0) is 18.2 Å². The average molecular weight is 308 g/mol. The number of carbonyl (C=O) groups is 1. The van der Waals surface area contributed by atoms with Crippen LogP contribution >= 0.6 is 0 Å². The highest BCUT2D eigenvalue weighted by Gasteiger charge is 2.33. The standard InChI is InChI=1S/C13H13B2F3N2O2/c14-13(15,22-10-4-2-1-3-9(10)7-21)11-5-6-19-20(11)8-12(16,17)18/h1-7H,8,14-15H2. The van der Waals surface area contributed by atoms with E-state index in [9.17, 15) is 18.0 Å². The minimum Gasteiger partial charge on any atom is -0.499 e. The summed E-state index contributed by atoms with van der Waals surface area (Å²) in [6.45, 7) is -1.20. The van der Waals surface area contributed by atoms with Gasteiger partial charge in [-0.2, -0.15) is 18.3 Å². The molecule has 0 aliphatic rings. The number of hydrogen-bond acceptors (Lipinski definition) is 3. The SMILES string of the molecule is BC(B)(Oc1ccccc1C=O)c1ccnn1CC(F)(F)F.